The van der Waals surface area contributed by atoms with Gasteiger partial charge >= 0.3 is 0 Å². The molecule has 0 unspecified atom stereocenters. The minimum Gasteiger partial charge on any atom is -0.488 e. The number of hydrogen-bond acceptors (Lipinski definition) is 2. The summed E-state index contributed by atoms with van der Waals surface area (Å²) in [6, 6.07) is 29.1. The highest BCUT2D eigenvalue weighted by Crippen LogP contribution is 2.37. The van der Waals surface area contributed by atoms with Crippen molar-refractivity contribution in [3.8, 4) is 17.0 Å². The van der Waals surface area contributed by atoms with Crippen molar-refractivity contribution in [2.45, 2.75) is 32.8 Å². The first-order valence-electron chi connectivity index (χ1n) is 10.0. The van der Waals surface area contributed by atoms with Crippen LogP contribution in [-0.4, -0.2) is 4.98 Å². The van der Waals surface area contributed by atoms with Crippen molar-refractivity contribution in [1.29, 1.82) is 0 Å². The molecule has 0 fully saturated rings. The largest absolute Gasteiger partial charge is 0.488 e. The third kappa shape index (κ3) is 3.91. The first-order valence-corrected chi connectivity index (χ1v) is 10.0. The molecule has 3 aromatic carbocycles. The normalized spacial score (nSPS) is 10.9. The fraction of sp³-hybridized carbons (Fsp3) is 0.192. The molecule has 0 atom stereocenters. The number of nitrogens with zero attached hydrogens (tertiary/aromatic N) is 1. The van der Waals surface area contributed by atoms with Gasteiger partial charge in [0.05, 0.1) is 11.2 Å². The van der Waals surface area contributed by atoms with Gasteiger partial charge in [-0.1, -0.05) is 86.1 Å². The van der Waals surface area contributed by atoms with Crippen LogP contribution >= 0.6 is 0 Å². The van der Waals surface area contributed by atoms with Crippen LogP contribution in [0.3, 0.4) is 0 Å². The molecule has 2 nitrogen and oxygen atoms in total. The summed E-state index contributed by atoms with van der Waals surface area (Å²) in [7, 11) is 0. The number of benzene rings is 3. The second-order valence-electron chi connectivity index (χ2n) is 7.03. The van der Waals surface area contributed by atoms with Crippen molar-refractivity contribution in [2.75, 3.05) is 0 Å². The van der Waals surface area contributed by atoms with Gasteiger partial charge in [0.1, 0.15) is 12.4 Å². The van der Waals surface area contributed by atoms with Crippen molar-refractivity contribution in [2.24, 2.45) is 0 Å². The molecule has 4 aromatic rings. The van der Waals surface area contributed by atoms with Crippen LogP contribution in [0.5, 0.6) is 5.75 Å². The maximum atomic E-state index is 6.46. The molecule has 0 saturated carbocycles. The minimum atomic E-state index is 0.558. The van der Waals surface area contributed by atoms with Crippen LogP contribution in [0, 0.1) is 0 Å². The lowest BCUT2D eigenvalue weighted by Crippen LogP contribution is -2.04. The van der Waals surface area contributed by atoms with Crippen LogP contribution in [0.25, 0.3) is 22.2 Å². The lowest BCUT2D eigenvalue weighted by molar-refractivity contribution is 0.306. The fourth-order valence-electron chi connectivity index (χ4n) is 3.54. The molecule has 28 heavy (non-hydrogen) atoms. The predicted molar refractivity (Wildman–Crippen MR) is 117 cm³/mol. The number of rotatable bonds is 7. The summed E-state index contributed by atoms with van der Waals surface area (Å²) in [5, 5.41) is 1.09. The van der Waals surface area contributed by atoms with Gasteiger partial charge in [-0.15, -0.1) is 0 Å². The van der Waals surface area contributed by atoms with Crippen LogP contribution in [0.1, 0.15) is 30.9 Å². The van der Waals surface area contributed by atoms with Gasteiger partial charge in [0.15, 0.2) is 0 Å². The minimum absolute atomic E-state index is 0.558. The van der Waals surface area contributed by atoms with Crippen LogP contribution in [0.15, 0.2) is 84.9 Å². The molecular formula is C26H25NO. The van der Waals surface area contributed by atoms with Crippen LogP contribution in [-0.2, 0) is 13.0 Å². The Morgan fingerprint density at radius 3 is 2.21 bits per heavy atom. The van der Waals surface area contributed by atoms with Gasteiger partial charge in [-0.2, -0.15) is 0 Å². The Morgan fingerprint density at radius 1 is 0.786 bits per heavy atom. The number of unbranched alkanes of at least 4 members (excludes halogenated alkanes) is 1. The predicted octanol–water partition coefficient (Wildman–Crippen LogP) is 6.82. The zero-order valence-electron chi connectivity index (χ0n) is 16.3. The third-order valence-corrected chi connectivity index (χ3v) is 4.99. The third-order valence-electron chi connectivity index (χ3n) is 4.99. The van der Waals surface area contributed by atoms with Gasteiger partial charge in [0.2, 0.25) is 0 Å². The molecule has 0 N–H and O–H groups in total. The fourth-order valence-corrected chi connectivity index (χ4v) is 3.54. The second-order valence-corrected chi connectivity index (χ2v) is 7.03. The summed E-state index contributed by atoms with van der Waals surface area (Å²) in [5.41, 5.74) is 5.54. The summed E-state index contributed by atoms with van der Waals surface area (Å²) in [5.74, 6) is 0.974. The Labute approximate surface area is 166 Å². The number of hydrogen-bond donors (Lipinski definition) is 0. The monoisotopic (exact) mass is 367 g/mol. The van der Waals surface area contributed by atoms with E-state index in [9.17, 15) is 0 Å². The lowest BCUT2D eigenvalue weighted by Gasteiger charge is -2.18. The van der Waals surface area contributed by atoms with Crippen LogP contribution in [0.2, 0.25) is 0 Å². The van der Waals surface area contributed by atoms with Crippen molar-refractivity contribution in [3.05, 3.63) is 96.1 Å². The first-order chi connectivity index (χ1) is 13.9. The van der Waals surface area contributed by atoms with E-state index in [1.54, 1.807) is 0 Å². The molecule has 0 spiro atoms. The van der Waals surface area contributed by atoms with Gasteiger partial charge in [0, 0.05) is 16.5 Å². The smallest absolute Gasteiger partial charge is 0.134 e. The number of para-hydroxylation sites is 1. The van der Waals surface area contributed by atoms with Crippen molar-refractivity contribution in [3.63, 3.8) is 0 Å². The van der Waals surface area contributed by atoms with Gasteiger partial charge < -0.3 is 4.74 Å². The number of fused-ring (bicyclic) bond motifs is 1. The molecule has 0 bridgehead atoms. The van der Waals surface area contributed by atoms with E-state index in [-0.39, 0.29) is 0 Å². The van der Waals surface area contributed by atoms with Gasteiger partial charge in [-0.05, 0) is 30.5 Å². The zero-order chi connectivity index (χ0) is 19.2. The van der Waals surface area contributed by atoms with E-state index in [1.807, 2.05) is 18.2 Å². The molecule has 0 radical (unpaired) electrons. The molecule has 140 valence electrons. The quantitative estimate of drug-likeness (QED) is 0.357. The molecule has 0 aliphatic carbocycles. The summed E-state index contributed by atoms with van der Waals surface area (Å²) in [4.78, 5) is 5.03. The summed E-state index contributed by atoms with van der Waals surface area (Å²) in [6.45, 7) is 2.78. The van der Waals surface area contributed by atoms with E-state index >= 15 is 0 Å². The van der Waals surface area contributed by atoms with Crippen molar-refractivity contribution >= 4 is 10.9 Å². The highest BCUT2D eigenvalue weighted by Gasteiger charge is 2.17. The molecule has 1 aromatic heterocycles. The number of pyridine rings is 1. The van der Waals surface area contributed by atoms with Crippen molar-refractivity contribution in [1.82, 2.24) is 4.98 Å². The average molecular weight is 367 g/mol. The number of ether oxygens (including phenoxy) is 1. The molecule has 1 heterocycles. The van der Waals surface area contributed by atoms with Crippen molar-refractivity contribution < 1.29 is 4.74 Å². The Bertz CT molecular complexity index is 1040. The van der Waals surface area contributed by atoms with Crippen LogP contribution < -0.4 is 4.74 Å². The van der Waals surface area contributed by atoms with Crippen LogP contribution in [0.4, 0.5) is 0 Å². The molecule has 0 saturated heterocycles. The van der Waals surface area contributed by atoms with E-state index in [1.165, 1.54) is 11.1 Å². The Balaban J connectivity index is 1.86. The van der Waals surface area contributed by atoms with Gasteiger partial charge in [-0.25, -0.2) is 4.98 Å². The lowest BCUT2D eigenvalue weighted by atomic mass is 9.97. The van der Waals surface area contributed by atoms with Gasteiger partial charge in [0.25, 0.3) is 0 Å². The maximum absolute atomic E-state index is 6.46. The second kappa shape index (κ2) is 8.71. The molecule has 4 rings (SSSR count). The highest BCUT2D eigenvalue weighted by molar-refractivity contribution is 5.90. The zero-order valence-corrected chi connectivity index (χ0v) is 16.3. The summed E-state index contributed by atoms with van der Waals surface area (Å²) < 4.78 is 6.46. The maximum Gasteiger partial charge on any atom is 0.134 e. The van der Waals surface area contributed by atoms with E-state index < -0.39 is 0 Å². The summed E-state index contributed by atoms with van der Waals surface area (Å²) >= 11 is 0. The van der Waals surface area contributed by atoms with E-state index in [2.05, 4.69) is 73.7 Å². The molecule has 0 aliphatic rings. The van der Waals surface area contributed by atoms with E-state index in [0.29, 0.717) is 6.61 Å². The molecular weight excluding hydrogens is 342 g/mol. The Kier molecular flexibility index (Phi) is 5.67. The Hall–Kier alpha value is -3.13. The Morgan fingerprint density at radius 2 is 1.46 bits per heavy atom. The van der Waals surface area contributed by atoms with E-state index in [4.69, 9.17) is 9.72 Å². The molecule has 0 amide bonds. The SMILES string of the molecule is CCCCc1c(-c2ccccc2)nc2ccccc2c1OCc1ccccc1. The standard InChI is InChI=1S/C26H25NO/c1-2-3-16-23-25(21-14-8-5-9-15-21)27-24-18-11-10-17-22(24)26(23)28-19-20-12-6-4-7-13-20/h4-15,17-18H,2-3,16,19H2,1H3. The van der Waals surface area contributed by atoms with Gasteiger partial charge in [-0.3, -0.25) is 0 Å². The molecule has 0 aliphatic heterocycles. The number of aromatic nitrogens is 1. The first kappa shape index (κ1) is 18.2. The highest BCUT2D eigenvalue weighted by atomic mass is 16.5. The molecule has 2 heteroatoms. The van der Waals surface area contributed by atoms with E-state index in [0.717, 1.165) is 47.2 Å². The average Bonchev–Trinajstić information content (AvgIpc) is 2.77. The topological polar surface area (TPSA) is 22.1 Å². The summed E-state index contributed by atoms with van der Waals surface area (Å²) in [6.07, 6.45) is 3.21.